The highest BCUT2D eigenvalue weighted by atomic mass is 35.5. The predicted octanol–water partition coefficient (Wildman–Crippen LogP) is 2.04. The summed E-state index contributed by atoms with van der Waals surface area (Å²) in [6.07, 6.45) is 6.80. The maximum absolute atomic E-state index is 12.3. The molecule has 0 unspecified atom stereocenters. The van der Waals surface area contributed by atoms with Crippen LogP contribution in [0.4, 0.5) is 0 Å². The average Bonchev–Trinajstić information content (AvgIpc) is 2.90. The molecule has 5 nitrogen and oxygen atoms in total. The summed E-state index contributed by atoms with van der Waals surface area (Å²) in [5.74, 6) is -0.243. The minimum absolute atomic E-state index is 0.0911. The number of hydrogen-bond donors (Lipinski definition) is 0. The van der Waals surface area contributed by atoms with Gasteiger partial charge in [-0.15, -0.1) is 0 Å². The molecule has 1 fully saturated rings. The fourth-order valence-corrected chi connectivity index (χ4v) is 2.33. The Kier molecular flexibility index (Phi) is 4.11. The molecule has 1 aliphatic rings. The lowest BCUT2D eigenvalue weighted by Crippen LogP contribution is -2.39. The Morgan fingerprint density at radius 1 is 1.44 bits per heavy atom. The van der Waals surface area contributed by atoms with Gasteiger partial charge in [0.2, 0.25) is 0 Å². The molecule has 6 heteroatoms. The van der Waals surface area contributed by atoms with Crippen LogP contribution in [-0.2, 0) is 0 Å². The molecule has 0 N–H and O–H groups in total. The minimum Gasteiger partial charge on any atom is -0.321 e. The third-order valence-corrected chi connectivity index (χ3v) is 3.30. The fraction of sp³-hybridized carbons (Fsp3) is 0.500. The second-order valence-electron chi connectivity index (χ2n) is 4.25. The van der Waals surface area contributed by atoms with Crippen LogP contribution in [0, 0.1) is 11.3 Å². The van der Waals surface area contributed by atoms with Gasteiger partial charge in [0, 0.05) is 6.04 Å². The van der Waals surface area contributed by atoms with E-state index >= 15 is 0 Å². The molecule has 1 aliphatic carbocycles. The van der Waals surface area contributed by atoms with Crippen LogP contribution in [-0.4, -0.2) is 33.4 Å². The van der Waals surface area contributed by atoms with E-state index in [1.165, 1.54) is 12.4 Å². The van der Waals surface area contributed by atoms with E-state index in [4.69, 9.17) is 16.9 Å². The van der Waals surface area contributed by atoms with Crippen molar-refractivity contribution in [3.05, 3.63) is 23.2 Å². The van der Waals surface area contributed by atoms with Crippen LogP contribution in [0.1, 0.15) is 36.2 Å². The standard InChI is InChI=1S/C12H13ClN4O/c13-11-8-15-10(7-16-11)12(18)17(6-5-14)9-3-1-2-4-9/h7-9H,1-4,6H2. The van der Waals surface area contributed by atoms with Crippen molar-refractivity contribution in [3.63, 3.8) is 0 Å². The lowest BCUT2D eigenvalue weighted by atomic mass is 10.2. The zero-order valence-electron chi connectivity index (χ0n) is 9.84. The summed E-state index contributed by atoms with van der Waals surface area (Å²) in [6.45, 7) is 0.0911. The molecule has 0 spiro atoms. The lowest BCUT2D eigenvalue weighted by molar-refractivity contribution is 0.0703. The van der Waals surface area contributed by atoms with Crippen LogP contribution in [0.5, 0.6) is 0 Å². The Hall–Kier alpha value is -1.67. The van der Waals surface area contributed by atoms with Gasteiger partial charge >= 0.3 is 0 Å². The summed E-state index contributed by atoms with van der Waals surface area (Å²) in [5.41, 5.74) is 0.238. The minimum atomic E-state index is -0.243. The molecule has 0 aromatic carbocycles. The quantitative estimate of drug-likeness (QED) is 0.784. The Balaban J connectivity index is 2.17. The van der Waals surface area contributed by atoms with E-state index < -0.39 is 0 Å². The Bertz CT molecular complexity index is 462. The molecule has 0 aliphatic heterocycles. The lowest BCUT2D eigenvalue weighted by Gasteiger charge is -2.25. The highest BCUT2D eigenvalue weighted by Crippen LogP contribution is 2.24. The van der Waals surface area contributed by atoms with E-state index in [1.54, 1.807) is 4.90 Å². The maximum atomic E-state index is 12.3. The molecule has 0 bridgehead atoms. The number of amides is 1. The summed E-state index contributed by atoms with van der Waals surface area (Å²) < 4.78 is 0. The van der Waals surface area contributed by atoms with Crippen LogP contribution < -0.4 is 0 Å². The van der Waals surface area contributed by atoms with Gasteiger partial charge in [-0.25, -0.2) is 9.97 Å². The maximum Gasteiger partial charge on any atom is 0.275 e. The van der Waals surface area contributed by atoms with Crippen molar-refractivity contribution in [2.75, 3.05) is 6.54 Å². The molecule has 1 aromatic heterocycles. The molecule has 0 radical (unpaired) electrons. The van der Waals surface area contributed by atoms with Crippen LogP contribution in [0.25, 0.3) is 0 Å². The molecule has 1 aromatic rings. The highest BCUT2D eigenvalue weighted by Gasteiger charge is 2.27. The fourth-order valence-electron chi connectivity index (χ4n) is 2.23. The molecule has 1 saturated carbocycles. The summed E-state index contributed by atoms with van der Waals surface area (Å²) in [4.78, 5) is 21.7. The number of carbonyl (C=O) groups is 1. The number of halogens is 1. The molecule has 0 atom stereocenters. The zero-order valence-corrected chi connectivity index (χ0v) is 10.6. The Morgan fingerprint density at radius 3 is 2.72 bits per heavy atom. The van der Waals surface area contributed by atoms with E-state index in [0.29, 0.717) is 0 Å². The first-order valence-electron chi connectivity index (χ1n) is 5.88. The van der Waals surface area contributed by atoms with Gasteiger partial charge in [0.1, 0.15) is 17.4 Å². The third-order valence-electron chi connectivity index (χ3n) is 3.11. The largest absolute Gasteiger partial charge is 0.321 e. The number of nitriles is 1. The number of nitrogens with zero attached hydrogens (tertiary/aromatic N) is 4. The van der Waals surface area contributed by atoms with Gasteiger partial charge in [-0.3, -0.25) is 4.79 Å². The van der Waals surface area contributed by atoms with Gasteiger partial charge in [0.25, 0.3) is 5.91 Å². The average molecular weight is 265 g/mol. The molecule has 2 rings (SSSR count). The summed E-state index contributed by atoms with van der Waals surface area (Å²) in [7, 11) is 0. The second-order valence-corrected chi connectivity index (χ2v) is 4.64. The smallest absolute Gasteiger partial charge is 0.275 e. The van der Waals surface area contributed by atoms with Gasteiger partial charge in [0.05, 0.1) is 18.5 Å². The first kappa shape index (κ1) is 12.8. The number of hydrogen-bond acceptors (Lipinski definition) is 4. The van der Waals surface area contributed by atoms with Gasteiger partial charge in [-0.2, -0.15) is 5.26 Å². The van der Waals surface area contributed by atoms with Crippen LogP contribution >= 0.6 is 11.6 Å². The van der Waals surface area contributed by atoms with E-state index in [-0.39, 0.29) is 29.3 Å². The topological polar surface area (TPSA) is 69.9 Å². The molecule has 94 valence electrons. The van der Waals surface area contributed by atoms with E-state index in [1.807, 2.05) is 6.07 Å². The SMILES string of the molecule is N#CCN(C(=O)c1cnc(Cl)cn1)C1CCCC1. The summed E-state index contributed by atoms with van der Waals surface area (Å²) in [5, 5.41) is 9.09. The molecular formula is C12H13ClN4O. The Labute approximate surface area is 110 Å². The van der Waals surface area contributed by atoms with Crippen molar-refractivity contribution < 1.29 is 4.79 Å². The van der Waals surface area contributed by atoms with Gasteiger partial charge in [-0.05, 0) is 12.8 Å². The van der Waals surface area contributed by atoms with Crippen LogP contribution in [0.15, 0.2) is 12.4 Å². The molecule has 18 heavy (non-hydrogen) atoms. The molecule has 1 amide bonds. The highest BCUT2D eigenvalue weighted by molar-refractivity contribution is 6.29. The predicted molar refractivity (Wildman–Crippen MR) is 65.9 cm³/mol. The number of carbonyl (C=O) groups excluding carboxylic acids is 1. The van der Waals surface area contributed by atoms with Crippen molar-refractivity contribution in [2.24, 2.45) is 0 Å². The van der Waals surface area contributed by atoms with E-state index in [2.05, 4.69) is 9.97 Å². The van der Waals surface area contributed by atoms with Gasteiger partial charge in [-0.1, -0.05) is 24.4 Å². The summed E-state index contributed by atoms with van der Waals surface area (Å²) >= 11 is 5.63. The molecule has 0 saturated heterocycles. The first-order chi connectivity index (χ1) is 8.72. The van der Waals surface area contributed by atoms with Crippen LogP contribution in [0.2, 0.25) is 5.15 Å². The van der Waals surface area contributed by atoms with Crippen molar-refractivity contribution >= 4 is 17.5 Å². The Morgan fingerprint density at radius 2 is 2.17 bits per heavy atom. The monoisotopic (exact) mass is 264 g/mol. The number of aromatic nitrogens is 2. The second kappa shape index (κ2) is 5.78. The van der Waals surface area contributed by atoms with Crippen LogP contribution in [0.3, 0.4) is 0 Å². The van der Waals surface area contributed by atoms with Gasteiger partial charge in [0.15, 0.2) is 0 Å². The van der Waals surface area contributed by atoms with Gasteiger partial charge < -0.3 is 4.90 Å². The molecular weight excluding hydrogens is 252 g/mol. The van der Waals surface area contributed by atoms with Crippen molar-refractivity contribution in [3.8, 4) is 6.07 Å². The zero-order chi connectivity index (χ0) is 13.0. The number of rotatable bonds is 3. The van der Waals surface area contributed by atoms with Crippen molar-refractivity contribution in [1.29, 1.82) is 5.26 Å². The molecule has 1 heterocycles. The summed E-state index contributed by atoms with van der Waals surface area (Å²) in [6, 6.07) is 2.19. The third kappa shape index (κ3) is 2.77. The van der Waals surface area contributed by atoms with Crippen molar-refractivity contribution in [2.45, 2.75) is 31.7 Å². The van der Waals surface area contributed by atoms with E-state index in [0.717, 1.165) is 25.7 Å². The first-order valence-corrected chi connectivity index (χ1v) is 6.25. The van der Waals surface area contributed by atoms with Crippen molar-refractivity contribution in [1.82, 2.24) is 14.9 Å². The normalized spacial score (nSPS) is 15.3. The van der Waals surface area contributed by atoms with E-state index in [9.17, 15) is 4.79 Å².